The van der Waals surface area contributed by atoms with E-state index in [0.29, 0.717) is 6.54 Å². The first-order valence-corrected chi connectivity index (χ1v) is 8.79. The maximum Gasteiger partial charge on any atom is 0.283 e. The van der Waals surface area contributed by atoms with Crippen LogP contribution in [0.4, 0.5) is 5.69 Å². The molecule has 2 atom stereocenters. The van der Waals surface area contributed by atoms with Gasteiger partial charge in [-0.25, -0.2) is 13.1 Å². The van der Waals surface area contributed by atoms with E-state index in [1.54, 1.807) is 0 Å². The number of benzene rings is 1. The zero-order valence-corrected chi connectivity index (χ0v) is 14.8. The van der Waals surface area contributed by atoms with Crippen LogP contribution in [0.25, 0.3) is 0 Å². The Morgan fingerprint density at radius 1 is 1.41 bits per heavy atom. The Kier molecular flexibility index (Phi) is 6.75. The van der Waals surface area contributed by atoms with Crippen molar-refractivity contribution in [2.24, 2.45) is 11.7 Å². The molecule has 2 unspecified atom stereocenters. The van der Waals surface area contributed by atoms with Gasteiger partial charge in [0, 0.05) is 12.1 Å². The van der Waals surface area contributed by atoms with E-state index in [2.05, 4.69) is 20.7 Å². The van der Waals surface area contributed by atoms with E-state index >= 15 is 0 Å². The van der Waals surface area contributed by atoms with Gasteiger partial charge in [0.1, 0.15) is 0 Å². The standard InChI is InChI=1S/C12H16BrN3O4S.ClH/c13-10-6-9(4-5-12(10)16(17)18)21(19,20)15-11-3-1-2-8(11)7-14;/h4-6,8,11,15H,1-3,7,14H2;1H. The molecule has 0 saturated heterocycles. The number of nitro groups is 1. The summed E-state index contributed by atoms with van der Waals surface area (Å²) in [6.45, 7) is 0.442. The Morgan fingerprint density at radius 3 is 2.64 bits per heavy atom. The van der Waals surface area contributed by atoms with E-state index in [0.717, 1.165) is 19.3 Å². The fourth-order valence-electron chi connectivity index (χ4n) is 2.54. The van der Waals surface area contributed by atoms with Gasteiger partial charge in [0.15, 0.2) is 0 Å². The number of nitrogens with two attached hydrogens (primary N) is 1. The first-order chi connectivity index (χ1) is 9.85. The van der Waals surface area contributed by atoms with Crippen molar-refractivity contribution in [2.45, 2.75) is 30.2 Å². The summed E-state index contributed by atoms with van der Waals surface area (Å²) in [5.74, 6) is 0.140. The van der Waals surface area contributed by atoms with Crippen molar-refractivity contribution in [1.29, 1.82) is 0 Å². The smallest absolute Gasteiger partial charge is 0.283 e. The largest absolute Gasteiger partial charge is 0.330 e. The predicted octanol–water partition coefficient (Wildman–Crippen LogP) is 2.18. The first kappa shape index (κ1) is 19.3. The summed E-state index contributed by atoms with van der Waals surface area (Å²) in [7, 11) is -3.71. The SMILES string of the molecule is Cl.NCC1CCCC1NS(=O)(=O)c1ccc([N+](=O)[O-])c(Br)c1. The van der Waals surface area contributed by atoms with E-state index < -0.39 is 14.9 Å². The molecule has 2 rings (SSSR count). The summed E-state index contributed by atoms with van der Waals surface area (Å²) in [6.07, 6.45) is 2.61. The van der Waals surface area contributed by atoms with Crippen LogP contribution in [-0.4, -0.2) is 25.9 Å². The summed E-state index contributed by atoms with van der Waals surface area (Å²) >= 11 is 3.02. The van der Waals surface area contributed by atoms with Crippen molar-refractivity contribution in [3.05, 3.63) is 32.8 Å². The molecule has 1 saturated carbocycles. The quantitative estimate of drug-likeness (QED) is 0.566. The fraction of sp³-hybridized carbons (Fsp3) is 0.500. The lowest BCUT2D eigenvalue weighted by molar-refractivity contribution is -0.385. The lowest BCUT2D eigenvalue weighted by atomic mass is 10.1. The Bertz CT molecular complexity index is 656. The molecule has 124 valence electrons. The van der Waals surface area contributed by atoms with Crippen molar-refractivity contribution in [3.8, 4) is 0 Å². The maximum atomic E-state index is 12.3. The van der Waals surface area contributed by atoms with Crippen molar-refractivity contribution in [3.63, 3.8) is 0 Å². The minimum atomic E-state index is -3.71. The van der Waals surface area contributed by atoms with E-state index in [4.69, 9.17) is 5.73 Å². The molecular formula is C12H17BrClN3O4S. The molecule has 0 spiro atoms. The van der Waals surface area contributed by atoms with Crippen LogP contribution in [0.15, 0.2) is 27.6 Å². The number of nitrogens with one attached hydrogen (secondary N) is 1. The summed E-state index contributed by atoms with van der Waals surface area (Å²) in [4.78, 5) is 10.2. The van der Waals surface area contributed by atoms with Gasteiger partial charge in [-0.2, -0.15) is 0 Å². The van der Waals surface area contributed by atoms with Crippen LogP contribution >= 0.6 is 28.3 Å². The van der Waals surface area contributed by atoms with Crippen LogP contribution in [0.1, 0.15) is 19.3 Å². The zero-order chi connectivity index (χ0) is 15.6. The van der Waals surface area contributed by atoms with Crippen LogP contribution < -0.4 is 10.5 Å². The molecule has 0 bridgehead atoms. The Morgan fingerprint density at radius 2 is 2.09 bits per heavy atom. The van der Waals surface area contributed by atoms with Crippen molar-refractivity contribution >= 4 is 44.0 Å². The molecule has 3 N–H and O–H groups in total. The topological polar surface area (TPSA) is 115 Å². The van der Waals surface area contributed by atoms with Crippen LogP contribution in [0, 0.1) is 16.0 Å². The van der Waals surface area contributed by atoms with Gasteiger partial charge < -0.3 is 5.73 Å². The zero-order valence-electron chi connectivity index (χ0n) is 11.6. The van der Waals surface area contributed by atoms with Gasteiger partial charge in [0.05, 0.1) is 14.3 Å². The van der Waals surface area contributed by atoms with Gasteiger partial charge in [0.2, 0.25) is 10.0 Å². The third-order valence-electron chi connectivity index (χ3n) is 3.69. The molecule has 0 heterocycles. The summed E-state index contributed by atoms with van der Waals surface area (Å²) in [5.41, 5.74) is 5.47. The molecule has 0 aliphatic heterocycles. The Labute approximate surface area is 143 Å². The van der Waals surface area contributed by atoms with E-state index in [1.807, 2.05) is 0 Å². The minimum absolute atomic E-state index is 0. The van der Waals surface area contributed by atoms with Crippen molar-refractivity contribution in [2.75, 3.05) is 6.54 Å². The number of hydrogen-bond donors (Lipinski definition) is 2. The number of rotatable bonds is 5. The van der Waals surface area contributed by atoms with Crippen LogP contribution in [-0.2, 0) is 10.0 Å². The first-order valence-electron chi connectivity index (χ1n) is 6.51. The number of sulfonamides is 1. The van der Waals surface area contributed by atoms with Gasteiger partial charge >= 0.3 is 0 Å². The van der Waals surface area contributed by atoms with E-state index in [9.17, 15) is 18.5 Å². The number of nitro benzene ring substituents is 1. The molecule has 0 amide bonds. The molecule has 1 aliphatic carbocycles. The van der Waals surface area contributed by atoms with E-state index in [-0.39, 0.29) is 39.4 Å². The fourth-order valence-corrected chi connectivity index (χ4v) is 4.58. The molecule has 7 nitrogen and oxygen atoms in total. The highest BCUT2D eigenvalue weighted by Crippen LogP contribution is 2.29. The Balaban J connectivity index is 0.00000242. The molecule has 22 heavy (non-hydrogen) atoms. The second-order valence-electron chi connectivity index (χ2n) is 5.02. The second kappa shape index (κ2) is 7.69. The average Bonchev–Trinajstić information content (AvgIpc) is 2.84. The average molecular weight is 415 g/mol. The summed E-state index contributed by atoms with van der Waals surface area (Å²) < 4.78 is 27.5. The normalized spacial score (nSPS) is 21.4. The summed E-state index contributed by atoms with van der Waals surface area (Å²) in [6, 6.07) is 3.48. The van der Waals surface area contributed by atoms with E-state index in [1.165, 1.54) is 18.2 Å². The van der Waals surface area contributed by atoms with Crippen LogP contribution in [0.3, 0.4) is 0 Å². The monoisotopic (exact) mass is 413 g/mol. The van der Waals surface area contributed by atoms with Gasteiger partial charge in [-0.1, -0.05) is 6.42 Å². The maximum absolute atomic E-state index is 12.3. The molecule has 1 fully saturated rings. The highest BCUT2D eigenvalue weighted by molar-refractivity contribution is 9.10. The predicted molar refractivity (Wildman–Crippen MR) is 88.5 cm³/mol. The lowest BCUT2D eigenvalue weighted by Gasteiger charge is -2.19. The Hall–Kier alpha value is -0.740. The number of nitrogens with zero attached hydrogens (tertiary/aromatic N) is 1. The van der Waals surface area contributed by atoms with Gasteiger partial charge in [-0.05, 0) is 53.4 Å². The molecule has 10 heteroatoms. The second-order valence-corrected chi connectivity index (χ2v) is 7.59. The number of hydrogen-bond acceptors (Lipinski definition) is 5. The van der Waals surface area contributed by atoms with Gasteiger partial charge in [-0.15, -0.1) is 12.4 Å². The minimum Gasteiger partial charge on any atom is -0.330 e. The molecule has 1 aromatic carbocycles. The third-order valence-corrected chi connectivity index (χ3v) is 5.82. The summed E-state index contributed by atoms with van der Waals surface area (Å²) in [5, 5.41) is 10.7. The molecular weight excluding hydrogens is 398 g/mol. The van der Waals surface area contributed by atoms with Crippen molar-refractivity contribution in [1.82, 2.24) is 4.72 Å². The van der Waals surface area contributed by atoms with Gasteiger partial charge in [-0.3, -0.25) is 10.1 Å². The van der Waals surface area contributed by atoms with Crippen LogP contribution in [0.2, 0.25) is 0 Å². The number of halogens is 2. The highest BCUT2D eigenvalue weighted by atomic mass is 79.9. The third kappa shape index (κ3) is 4.17. The van der Waals surface area contributed by atoms with Crippen LogP contribution in [0.5, 0.6) is 0 Å². The van der Waals surface area contributed by atoms with Gasteiger partial charge in [0.25, 0.3) is 5.69 Å². The molecule has 1 aliphatic rings. The lowest BCUT2D eigenvalue weighted by Crippen LogP contribution is -2.39. The molecule has 0 radical (unpaired) electrons. The molecule has 1 aromatic rings. The molecule has 0 aromatic heterocycles. The highest BCUT2D eigenvalue weighted by Gasteiger charge is 2.30. The van der Waals surface area contributed by atoms with Crippen molar-refractivity contribution < 1.29 is 13.3 Å².